The van der Waals surface area contributed by atoms with Crippen LogP contribution in [0.2, 0.25) is 0 Å². The largest absolute Gasteiger partial charge is 0.390 e. The van der Waals surface area contributed by atoms with Crippen molar-refractivity contribution in [1.29, 1.82) is 0 Å². The number of rotatable bonds is 6. The molecule has 1 amide bonds. The van der Waals surface area contributed by atoms with E-state index in [0.29, 0.717) is 42.2 Å². The smallest absolute Gasteiger partial charge is 0.249 e. The number of anilines is 4. The normalized spacial score (nSPS) is 19.5. The molecule has 4 N–H and O–H groups in total. The van der Waals surface area contributed by atoms with Crippen molar-refractivity contribution in [2.75, 3.05) is 22.1 Å². The van der Waals surface area contributed by atoms with Crippen molar-refractivity contribution in [3.8, 4) is 0 Å². The number of pyridine rings is 1. The third-order valence-electron chi connectivity index (χ3n) is 6.27. The van der Waals surface area contributed by atoms with Gasteiger partial charge < -0.3 is 20.6 Å². The molecule has 1 aliphatic heterocycles. The van der Waals surface area contributed by atoms with E-state index in [0.717, 1.165) is 36.2 Å². The number of aromatic amines is 1. The van der Waals surface area contributed by atoms with Gasteiger partial charge >= 0.3 is 0 Å². The van der Waals surface area contributed by atoms with E-state index in [1.54, 1.807) is 4.90 Å². The van der Waals surface area contributed by atoms with Crippen molar-refractivity contribution < 1.29 is 14.3 Å². The molecule has 5 rings (SSSR count). The zero-order valence-corrected chi connectivity index (χ0v) is 19.0. The number of hydrogen-bond donors (Lipinski definition) is 4. The zero-order chi connectivity index (χ0) is 23.8. The molecule has 34 heavy (non-hydrogen) atoms. The minimum absolute atomic E-state index is 0.316. The first-order valence-corrected chi connectivity index (χ1v) is 11.5. The van der Waals surface area contributed by atoms with Crippen LogP contribution < -0.4 is 15.5 Å². The summed E-state index contributed by atoms with van der Waals surface area (Å²) in [5.41, 5.74) is 3.36. The molecule has 4 heterocycles. The number of aliphatic hydroxyl groups excluding tert-OH is 1. The van der Waals surface area contributed by atoms with Gasteiger partial charge in [0, 0.05) is 23.9 Å². The molecule has 11 heteroatoms. The Morgan fingerprint density at radius 2 is 2.15 bits per heavy atom. The first-order chi connectivity index (χ1) is 16.4. The zero-order valence-electron chi connectivity index (χ0n) is 19.0. The van der Waals surface area contributed by atoms with Crippen molar-refractivity contribution in [2.24, 2.45) is 0 Å². The quantitative estimate of drug-likeness (QED) is 0.408. The summed E-state index contributed by atoms with van der Waals surface area (Å²) in [6.45, 7) is 4.60. The molecule has 0 aromatic carbocycles. The second-order valence-corrected chi connectivity index (χ2v) is 8.99. The lowest BCUT2D eigenvalue weighted by Gasteiger charge is -2.26. The average Bonchev–Trinajstić information content (AvgIpc) is 3.54. The highest BCUT2D eigenvalue weighted by Crippen LogP contribution is 2.33. The first-order valence-electron chi connectivity index (χ1n) is 11.5. The highest BCUT2D eigenvalue weighted by molar-refractivity contribution is 5.97. The molecule has 2 aliphatic rings. The molecule has 0 bridgehead atoms. The number of fused-ring (bicyclic) bond motifs is 1. The molecule has 0 spiro atoms. The van der Waals surface area contributed by atoms with Gasteiger partial charge in [0.1, 0.15) is 11.9 Å². The minimum atomic E-state index is -0.887. The molecule has 1 aliphatic carbocycles. The Morgan fingerprint density at radius 3 is 2.88 bits per heavy atom. The Morgan fingerprint density at radius 1 is 1.29 bits per heavy atom. The molecule has 3 aromatic heterocycles. The van der Waals surface area contributed by atoms with Gasteiger partial charge in [0.2, 0.25) is 17.8 Å². The maximum Gasteiger partial charge on any atom is 0.249 e. The second kappa shape index (κ2) is 8.98. The summed E-state index contributed by atoms with van der Waals surface area (Å²) >= 11 is 0. The first kappa shape index (κ1) is 22.2. The molecule has 10 nitrogen and oxygen atoms in total. The van der Waals surface area contributed by atoms with E-state index in [1.165, 1.54) is 18.3 Å². The Kier molecular flexibility index (Phi) is 5.86. The number of amides is 1. The monoisotopic (exact) mass is 466 g/mol. The summed E-state index contributed by atoms with van der Waals surface area (Å²) < 4.78 is 13.1. The fraction of sp³-hybridized carbons (Fsp3) is 0.435. The van der Waals surface area contributed by atoms with Crippen molar-refractivity contribution in [3.05, 3.63) is 47.3 Å². The standard InChI is InChI=1S/C23H27FN8O2/c1-12(2)16-10-19(31-30-16)28-21-14-4-3-5-15(14)27-23(29-21)32-9-8-17(33)20(32)22(34)26-13-6-7-18(24)25-11-13/h6-7,10-12,17,20,33H,3-5,8-9H2,1-2H3,(H,26,34)(H2,27,28,29,30,31)/t17-,20?/m1/s1. The lowest BCUT2D eigenvalue weighted by atomic mass is 10.1. The third-order valence-corrected chi connectivity index (χ3v) is 6.27. The summed E-state index contributed by atoms with van der Waals surface area (Å²) in [6, 6.07) is 3.67. The lowest BCUT2D eigenvalue weighted by molar-refractivity contribution is -0.119. The number of nitrogens with one attached hydrogen (secondary N) is 3. The van der Waals surface area contributed by atoms with Crippen LogP contribution in [-0.4, -0.2) is 54.9 Å². The fourth-order valence-corrected chi connectivity index (χ4v) is 4.45. The molecule has 1 fully saturated rings. The molecule has 0 radical (unpaired) electrons. The Balaban J connectivity index is 1.43. The van der Waals surface area contributed by atoms with Gasteiger partial charge in [-0.3, -0.25) is 9.89 Å². The molecule has 1 unspecified atom stereocenters. The number of carbonyl (C=O) groups excluding carboxylic acids is 1. The maximum absolute atomic E-state index is 13.1. The predicted molar refractivity (Wildman–Crippen MR) is 125 cm³/mol. The molecular weight excluding hydrogens is 439 g/mol. The van der Waals surface area contributed by atoms with E-state index in [9.17, 15) is 14.3 Å². The van der Waals surface area contributed by atoms with Crippen LogP contribution >= 0.6 is 0 Å². The molecule has 1 saturated heterocycles. The van der Waals surface area contributed by atoms with Crippen molar-refractivity contribution in [1.82, 2.24) is 25.1 Å². The minimum Gasteiger partial charge on any atom is -0.390 e. The lowest BCUT2D eigenvalue weighted by Crippen LogP contribution is -2.46. The van der Waals surface area contributed by atoms with Gasteiger partial charge in [-0.05, 0) is 43.7 Å². The van der Waals surface area contributed by atoms with E-state index >= 15 is 0 Å². The number of nitrogens with zero attached hydrogens (tertiary/aromatic N) is 5. The van der Waals surface area contributed by atoms with Gasteiger partial charge in [-0.15, -0.1) is 0 Å². The number of carbonyl (C=O) groups is 1. The van der Waals surface area contributed by atoms with Crippen LogP contribution in [0.4, 0.5) is 27.7 Å². The van der Waals surface area contributed by atoms with Gasteiger partial charge in [-0.25, -0.2) is 9.97 Å². The third kappa shape index (κ3) is 4.30. The van der Waals surface area contributed by atoms with Gasteiger partial charge in [-0.2, -0.15) is 14.5 Å². The van der Waals surface area contributed by atoms with Gasteiger partial charge in [0.15, 0.2) is 5.82 Å². The van der Waals surface area contributed by atoms with Crippen LogP contribution in [0, 0.1) is 5.95 Å². The number of aryl methyl sites for hydroxylation is 1. The van der Waals surface area contributed by atoms with Crippen LogP contribution in [0.25, 0.3) is 0 Å². The number of H-pyrrole nitrogens is 1. The Hall–Kier alpha value is -3.60. The molecule has 2 atom stereocenters. The Bertz CT molecular complexity index is 1200. The molecular formula is C23H27FN8O2. The molecule has 178 valence electrons. The topological polar surface area (TPSA) is 132 Å². The summed E-state index contributed by atoms with van der Waals surface area (Å²) in [4.78, 5) is 27.8. The number of hydrogen-bond acceptors (Lipinski definition) is 8. The van der Waals surface area contributed by atoms with E-state index < -0.39 is 24.0 Å². The SMILES string of the molecule is CC(C)c1cc(Nc2nc(N3CC[C@@H](O)C3C(=O)Nc3ccc(F)nc3)nc3c2CCC3)n[nH]1. The maximum atomic E-state index is 13.1. The van der Waals surface area contributed by atoms with Crippen LogP contribution in [0.1, 0.15) is 49.6 Å². The van der Waals surface area contributed by atoms with E-state index in [-0.39, 0.29) is 0 Å². The van der Waals surface area contributed by atoms with Crippen molar-refractivity contribution in [3.63, 3.8) is 0 Å². The van der Waals surface area contributed by atoms with Crippen LogP contribution in [0.3, 0.4) is 0 Å². The Labute approximate surface area is 196 Å². The summed E-state index contributed by atoms with van der Waals surface area (Å²) in [5, 5.41) is 24.0. The van der Waals surface area contributed by atoms with Crippen molar-refractivity contribution in [2.45, 2.75) is 57.6 Å². The summed E-state index contributed by atoms with van der Waals surface area (Å²) in [7, 11) is 0. The van der Waals surface area contributed by atoms with Crippen LogP contribution in [0.15, 0.2) is 24.4 Å². The van der Waals surface area contributed by atoms with Crippen LogP contribution in [-0.2, 0) is 17.6 Å². The number of aliphatic hydroxyl groups is 1. The van der Waals surface area contributed by atoms with E-state index in [1.807, 2.05) is 6.07 Å². The van der Waals surface area contributed by atoms with Crippen LogP contribution in [0.5, 0.6) is 0 Å². The predicted octanol–water partition coefficient (Wildman–Crippen LogP) is 2.67. The molecule has 3 aromatic rings. The van der Waals surface area contributed by atoms with Gasteiger partial charge in [-0.1, -0.05) is 13.8 Å². The molecule has 0 saturated carbocycles. The van der Waals surface area contributed by atoms with Gasteiger partial charge in [0.25, 0.3) is 0 Å². The van der Waals surface area contributed by atoms with E-state index in [2.05, 4.69) is 39.7 Å². The van der Waals surface area contributed by atoms with Crippen molar-refractivity contribution >= 4 is 29.2 Å². The average molecular weight is 467 g/mol. The second-order valence-electron chi connectivity index (χ2n) is 8.99. The highest BCUT2D eigenvalue weighted by Gasteiger charge is 2.40. The number of halogens is 1. The fourth-order valence-electron chi connectivity index (χ4n) is 4.45. The highest BCUT2D eigenvalue weighted by atomic mass is 19.1. The summed E-state index contributed by atoms with van der Waals surface area (Å²) in [6.07, 6.45) is 3.42. The summed E-state index contributed by atoms with van der Waals surface area (Å²) in [5.74, 6) is 0.980. The van der Waals surface area contributed by atoms with E-state index in [4.69, 9.17) is 9.97 Å². The number of aromatic nitrogens is 5. The van der Waals surface area contributed by atoms with Gasteiger partial charge in [0.05, 0.1) is 23.7 Å².